The molecule has 1 aliphatic rings. The van der Waals surface area contributed by atoms with Gasteiger partial charge in [-0.2, -0.15) is 4.40 Å². The summed E-state index contributed by atoms with van der Waals surface area (Å²) in [5.74, 6) is 4.23. The van der Waals surface area contributed by atoms with E-state index in [-0.39, 0.29) is 0 Å². The van der Waals surface area contributed by atoms with Crippen molar-refractivity contribution in [2.75, 3.05) is 0 Å². The van der Waals surface area contributed by atoms with Crippen LogP contribution in [0.25, 0.3) is 0 Å². The van der Waals surface area contributed by atoms with Gasteiger partial charge in [-0.3, -0.25) is 0 Å². The predicted molar refractivity (Wildman–Crippen MR) is 63.8 cm³/mol. The van der Waals surface area contributed by atoms with Gasteiger partial charge in [0, 0.05) is 10.0 Å². The third-order valence-corrected chi connectivity index (χ3v) is 3.78. The molecule has 1 aliphatic heterocycles. The highest BCUT2D eigenvalue weighted by Crippen LogP contribution is 2.22. The van der Waals surface area contributed by atoms with Gasteiger partial charge in [-0.25, -0.2) is 4.21 Å². The summed E-state index contributed by atoms with van der Waals surface area (Å²) >= 11 is 3.35. The number of benzene rings is 1. The lowest BCUT2D eigenvalue weighted by atomic mass is 10.1. The summed E-state index contributed by atoms with van der Waals surface area (Å²) in [6, 6.07) is 5.67. The first kappa shape index (κ1) is 9.73. The van der Waals surface area contributed by atoms with Crippen LogP contribution in [-0.4, -0.2) is 15.9 Å². The third-order valence-electron chi connectivity index (χ3n) is 1.99. The minimum atomic E-state index is -2.41. The lowest BCUT2D eigenvalue weighted by Crippen LogP contribution is -2.23. The molecule has 3 nitrogen and oxygen atoms in total. The first-order chi connectivity index (χ1) is 6.48. The van der Waals surface area contributed by atoms with E-state index in [4.69, 9.17) is 5.73 Å². The molecular weight excluding hydrogens is 264 g/mol. The van der Waals surface area contributed by atoms with Gasteiger partial charge in [0.2, 0.25) is 0 Å². The van der Waals surface area contributed by atoms with Crippen molar-refractivity contribution in [2.24, 2.45) is 10.1 Å². The molecule has 1 atom stereocenters. The van der Waals surface area contributed by atoms with Crippen molar-refractivity contribution in [3.05, 3.63) is 33.8 Å². The molecular formula is C9H9BrN2OS. The molecule has 0 bridgehead atoms. The monoisotopic (exact) mass is 272 g/mol. The molecule has 0 aliphatic carbocycles. The fourth-order valence-electron chi connectivity index (χ4n) is 1.42. The minimum absolute atomic E-state index is 0.313. The summed E-state index contributed by atoms with van der Waals surface area (Å²) in [5, 5.41) is 0. The van der Waals surface area contributed by atoms with E-state index < -0.39 is 9.71 Å². The van der Waals surface area contributed by atoms with Crippen LogP contribution in [0.15, 0.2) is 27.1 Å². The zero-order valence-corrected chi connectivity index (χ0v) is 9.77. The maximum absolute atomic E-state index is 11.7. The Morgan fingerprint density at radius 2 is 2.29 bits per heavy atom. The van der Waals surface area contributed by atoms with Gasteiger partial charge < -0.3 is 5.73 Å². The van der Waals surface area contributed by atoms with E-state index in [1.165, 1.54) is 0 Å². The van der Waals surface area contributed by atoms with Crippen molar-refractivity contribution in [3.8, 4) is 0 Å². The van der Waals surface area contributed by atoms with E-state index in [0.717, 1.165) is 15.6 Å². The molecule has 0 saturated carbocycles. The molecule has 5 heteroatoms. The highest BCUT2D eigenvalue weighted by molar-refractivity contribution is 9.10. The Morgan fingerprint density at radius 3 is 3.00 bits per heavy atom. The third kappa shape index (κ3) is 1.69. The number of halogens is 1. The Hall–Kier alpha value is -0.810. The Bertz CT molecular complexity index is 520. The van der Waals surface area contributed by atoms with Gasteiger partial charge in [-0.15, -0.1) is 0 Å². The number of hydrogen-bond acceptors (Lipinski definition) is 2. The highest BCUT2D eigenvalue weighted by Gasteiger charge is 2.17. The Balaban J connectivity index is 2.68. The number of amidine groups is 1. The summed E-state index contributed by atoms with van der Waals surface area (Å²) in [5.41, 5.74) is 7.50. The lowest BCUT2D eigenvalue weighted by Gasteiger charge is -2.16. The summed E-state index contributed by atoms with van der Waals surface area (Å²) in [6.45, 7) is 0. The molecule has 2 N–H and O–H groups in total. The fourth-order valence-corrected chi connectivity index (χ4v) is 3.04. The molecule has 1 unspecified atom stereocenters. The van der Waals surface area contributed by atoms with E-state index in [9.17, 15) is 4.21 Å². The maximum Gasteiger partial charge on any atom is 0.141 e. The SMILES string of the molecule is C=S1(=O)Cc2ccc(Br)cc2C(N)=N1. The zero-order chi connectivity index (χ0) is 10.3. The fraction of sp³-hybridized carbons (Fsp3) is 0.111. The molecule has 1 heterocycles. The molecule has 0 fully saturated rings. The van der Waals surface area contributed by atoms with Crippen molar-refractivity contribution >= 4 is 37.3 Å². The van der Waals surface area contributed by atoms with Crippen LogP contribution in [0, 0.1) is 0 Å². The Morgan fingerprint density at radius 1 is 1.57 bits per heavy atom. The molecule has 14 heavy (non-hydrogen) atoms. The second-order valence-electron chi connectivity index (χ2n) is 3.19. The van der Waals surface area contributed by atoms with Crippen LogP contribution < -0.4 is 5.73 Å². The predicted octanol–water partition coefficient (Wildman–Crippen LogP) is 1.30. The van der Waals surface area contributed by atoms with Gasteiger partial charge in [0.05, 0.1) is 15.5 Å². The van der Waals surface area contributed by atoms with Crippen molar-refractivity contribution in [2.45, 2.75) is 5.75 Å². The van der Waals surface area contributed by atoms with Crippen LogP contribution in [0.1, 0.15) is 11.1 Å². The molecule has 0 radical (unpaired) electrons. The van der Waals surface area contributed by atoms with Crippen molar-refractivity contribution < 1.29 is 4.21 Å². The van der Waals surface area contributed by atoms with Gasteiger partial charge in [0.1, 0.15) is 5.84 Å². The first-order valence-electron chi connectivity index (χ1n) is 3.97. The number of nitrogens with zero attached hydrogens (tertiary/aromatic N) is 1. The van der Waals surface area contributed by atoms with E-state index in [1.807, 2.05) is 18.2 Å². The van der Waals surface area contributed by atoms with E-state index in [2.05, 4.69) is 26.2 Å². The van der Waals surface area contributed by atoms with Gasteiger partial charge >= 0.3 is 0 Å². The van der Waals surface area contributed by atoms with Crippen molar-refractivity contribution in [3.63, 3.8) is 0 Å². The largest absolute Gasteiger partial charge is 0.383 e. The van der Waals surface area contributed by atoms with Crippen LogP contribution >= 0.6 is 15.9 Å². The van der Waals surface area contributed by atoms with Crippen molar-refractivity contribution in [1.82, 2.24) is 0 Å². The van der Waals surface area contributed by atoms with Crippen LogP contribution in [-0.2, 0) is 15.5 Å². The average molecular weight is 273 g/mol. The van der Waals surface area contributed by atoms with Gasteiger partial charge in [0.15, 0.2) is 0 Å². The van der Waals surface area contributed by atoms with E-state index >= 15 is 0 Å². The van der Waals surface area contributed by atoms with Crippen LogP contribution in [0.3, 0.4) is 0 Å². The summed E-state index contributed by atoms with van der Waals surface area (Å²) in [4.78, 5) is 0. The molecule has 74 valence electrons. The second-order valence-corrected chi connectivity index (χ2v) is 6.13. The molecule has 0 saturated heterocycles. The number of rotatable bonds is 0. The van der Waals surface area contributed by atoms with Crippen LogP contribution in [0.4, 0.5) is 0 Å². The summed E-state index contributed by atoms with van der Waals surface area (Å²) < 4.78 is 16.5. The van der Waals surface area contributed by atoms with Crippen LogP contribution in [0.5, 0.6) is 0 Å². The van der Waals surface area contributed by atoms with Crippen LogP contribution in [0.2, 0.25) is 0 Å². The van der Waals surface area contributed by atoms with E-state index in [0.29, 0.717) is 11.6 Å². The standard InChI is InChI=1S/C9H9BrN2OS/c1-14(13)5-6-2-3-7(10)4-8(6)9(11)12-14/h2-4H,1,5H2,(H2,11,12,13). The minimum Gasteiger partial charge on any atom is -0.383 e. The summed E-state index contributed by atoms with van der Waals surface area (Å²) in [6.07, 6.45) is 0. The molecule has 1 aromatic rings. The number of fused-ring (bicyclic) bond motifs is 1. The quantitative estimate of drug-likeness (QED) is 0.724. The van der Waals surface area contributed by atoms with Gasteiger partial charge in [-0.1, -0.05) is 22.0 Å². The average Bonchev–Trinajstić information content (AvgIpc) is 2.05. The number of nitrogens with two attached hydrogens (primary N) is 1. The van der Waals surface area contributed by atoms with Crippen molar-refractivity contribution in [1.29, 1.82) is 0 Å². The summed E-state index contributed by atoms with van der Waals surface area (Å²) in [7, 11) is -2.41. The Kier molecular flexibility index (Phi) is 2.16. The molecule has 1 aromatic carbocycles. The lowest BCUT2D eigenvalue weighted by molar-refractivity contribution is 0.681. The molecule has 2 rings (SSSR count). The molecule has 0 spiro atoms. The smallest absolute Gasteiger partial charge is 0.141 e. The maximum atomic E-state index is 11.7. The molecule has 0 amide bonds. The Labute approximate surface area is 91.3 Å². The molecule has 0 aromatic heterocycles. The van der Waals surface area contributed by atoms with Gasteiger partial charge in [-0.05, 0) is 23.6 Å². The normalized spacial score (nSPS) is 25.4. The zero-order valence-electron chi connectivity index (χ0n) is 7.37. The van der Waals surface area contributed by atoms with E-state index in [1.54, 1.807) is 0 Å². The van der Waals surface area contributed by atoms with Gasteiger partial charge in [0.25, 0.3) is 0 Å². The topological polar surface area (TPSA) is 55.5 Å². The number of hydrogen-bond donors (Lipinski definition) is 1. The first-order valence-corrected chi connectivity index (χ1v) is 6.62. The second kappa shape index (κ2) is 3.10. The highest BCUT2D eigenvalue weighted by atomic mass is 79.9.